The molecule has 0 aromatic rings. The Balaban J connectivity index is 3.11. The predicted molar refractivity (Wildman–Crippen MR) is 362 cm³/mol. The standard InChI is InChI=1S/C68H122N12O15/c1-24-27-44(14)57(82)56-61(86)71-48(26-3)63(88)80(28-25-2)52(38-81)66(91)77(22)55(47(17)95-34-31-79-29-32-94-33-30-79)60(85)72-53(42(10)11)67(92)73(18)49(35-39(4)5)59(84)69-45(15)58(83)70-46(16)62(87)74(19)50(36-40(6)7)64(89)75(20)51(37-41(8)9)65(90)76(21)54(43(12)13)68(93)78(56)23/h24,27,39-57,81-82H,25-26,28-38H2,1-23H3,(H,69,84)(H,70,83)(H,71,86)(H,72,85)/b27-24+/t44-,45+,46-,47-,48+,49+,50+,51+,52-,53+,54+,55?,56+,57-/m1/s1. The minimum absolute atomic E-state index is 0.0833. The van der Waals surface area contributed by atoms with E-state index in [2.05, 4.69) is 26.2 Å². The highest BCUT2D eigenvalue weighted by atomic mass is 16.5. The molecule has 544 valence electrons. The Bertz CT molecular complexity index is 2580. The lowest BCUT2D eigenvalue weighted by Gasteiger charge is -2.41. The molecule has 95 heavy (non-hydrogen) atoms. The van der Waals surface area contributed by atoms with Crippen LogP contribution >= 0.6 is 0 Å². The highest BCUT2D eigenvalue weighted by Gasteiger charge is 2.47. The maximum absolute atomic E-state index is 15.3. The van der Waals surface area contributed by atoms with Crippen molar-refractivity contribution >= 4 is 65.0 Å². The summed E-state index contributed by atoms with van der Waals surface area (Å²) in [5.74, 6) is -10.9. The zero-order chi connectivity index (χ0) is 72.8. The number of nitrogens with zero attached hydrogens (tertiary/aromatic N) is 8. The zero-order valence-electron chi connectivity index (χ0n) is 61.6. The van der Waals surface area contributed by atoms with Crippen LogP contribution in [0.3, 0.4) is 0 Å². The van der Waals surface area contributed by atoms with Gasteiger partial charge in [0.2, 0.25) is 65.0 Å². The summed E-state index contributed by atoms with van der Waals surface area (Å²) in [5.41, 5.74) is 0. The Morgan fingerprint density at radius 3 is 1.46 bits per heavy atom. The van der Waals surface area contributed by atoms with Crippen molar-refractivity contribution in [3.8, 4) is 0 Å². The first-order valence-corrected chi connectivity index (χ1v) is 34.2. The first-order chi connectivity index (χ1) is 44.3. The molecule has 27 nitrogen and oxygen atoms in total. The van der Waals surface area contributed by atoms with Crippen LogP contribution in [0.25, 0.3) is 0 Å². The average Bonchev–Trinajstić information content (AvgIpc) is 0.810. The van der Waals surface area contributed by atoms with Gasteiger partial charge >= 0.3 is 0 Å². The molecule has 0 saturated carbocycles. The molecule has 27 heteroatoms. The molecule has 0 aromatic heterocycles. The maximum atomic E-state index is 15.3. The van der Waals surface area contributed by atoms with Crippen molar-refractivity contribution in [2.75, 3.05) is 94.9 Å². The van der Waals surface area contributed by atoms with Crippen molar-refractivity contribution in [1.82, 2.24) is 60.5 Å². The van der Waals surface area contributed by atoms with Gasteiger partial charge in [0.25, 0.3) is 0 Å². The highest BCUT2D eigenvalue weighted by molar-refractivity contribution is 6.00. The molecule has 0 spiro atoms. The Labute approximate surface area is 566 Å². The molecule has 2 saturated heterocycles. The second-order valence-electron chi connectivity index (χ2n) is 28.0. The van der Waals surface area contributed by atoms with Crippen LogP contribution in [-0.4, -0.2) is 288 Å². The van der Waals surface area contributed by atoms with Crippen molar-refractivity contribution in [3.63, 3.8) is 0 Å². The first kappa shape index (κ1) is 84.8. The van der Waals surface area contributed by atoms with Crippen LogP contribution in [0.2, 0.25) is 0 Å². The fourth-order valence-corrected chi connectivity index (χ4v) is 12.4. The van der Waals surface area contributed by atoms with Crippen molar-refractivity contribution in [3.05, 3.63) is 12.2 Å². The van der Waals surface area contributed by atoms with Gasteiger partial charge in [0.15, 0.2) is 0 Å². The van der Waals surface area contributed by atoms with E-state index in [0.29, 0.717) is 32.8 Å². The van der Waals surface area contributed by atoms with Gasteiger partial charge in [0, 0.05) is 74.4 Å². The molecule has 0 aliphatic carbocycles. The summed E-state index contributed by atoms with van der Waals surface area (Å²) < 4.78 is 11.9. The van der Waals surface area contributed by atoms with E-state index in [4.69, 9.17) is 9.47 Å². The van der Waals surface area contributed by atoms with Gasteiger partial charge in [-0.1, -0.05) is 102 Å². The smallest absolute Gasteiger partial charge is 0.248 e. The molecule has 0 radical (unpaired) electrons. The Kier molecular flexibility index (Phi) is 35.5. The van der Waals surface area contributed by atoms with Gasteiger partial charge in [-0.15, -0.1) is 0 Å². The molecule has 2 heterocycles. The summed E-state index contributed by atoms with van der Waals surface area (Å²) >= 11 is 0. The Morgan fingerprint density at radius 1 is 0.516 bits per heavy atom. The zero-order valence-corrected chi connectivity index (χ0v) is 61.6. The quantitative estimate of drug-likeness (QED) is 0.0946. The third-order valence-corrected chi connectivity index (χ3v) is 18.1. The van der Waals surface area contributed by atoms with Crippen molar-refractivity contribution < 1.29 is 72.4 Å². The summed E-state index contributed by atoms with van der Waals surface area (Å²) in [4.78, 5) is 174. The van der Waals surface area contributed by atoms with E-state index >= 15 is 33.6 Å². The van der Waals surface area contributed by atoms with E-state index in [1.807, 2.05) is 41.5 Å². The lowest BCUT2D eigenvalue weighted by atomic mass is 9.93. The van der Waals surface area contributed by atoms with Crippen LogP contribution in [0.1, 0.15) is 150 Å². The third kappa shape index (κ3) is 23.5. The number of carbonyl (C=O) groups is 11. The second kappa shape index (κ2) is 39.8. The Morgan fingerprint density at radius 2 is 0.979 bits per heavy atom. The molecule has 2 fully saturated rings. The number of carbonyl (C=O) groups excluding carboxylic acids is 11. The van der Waals surface area contributed by atoms with Crippen LogP contribution in [0.4, 0.5) is 0 Å². The van der Waals surface area contributed by atoms with E-state index in [0.717, 1.165) is 14.7 Å². The number of morpholine rings is 1. The lowest BCUT2D eigenvalue weighted by Crippen LogP contribution is -2.65. The van der Waals surface area contributed by atoms with Crippen LogP contribution in [0.15, 0.2) is 12.2 Å². The van der Waals surface area contributed by atoms with Crippen LogP contribution in [0, 0.1) is 35.5 Å². The number of hydrogen-bond acceptors (Lipinski definition) is 16. The second-order valence-corrected chi connectivity index (χ2v) is 28.0. The van der Waals surface area contributed by atoms with Crippen molar-refractivity contribution in [2.24, 2.45) is 35.5 Å². The molecule has 11 amide bonds. The number of aliphatic hydroxyl groups is 2. The van der Waals surface area contributed by atoms with Crippen LogP contribution < -0.4 is 21.3 Å². The normalized spacial score (nSPS) is 27.6. The molecule has 2 aliphatic rings. The monoisotopic (exact) mass is 1350 g/mol. The molecule has 6 N–H and O–H groups in total. The summed E-state index contributed by atoms with van der Waals surface area (Å²) in [6.45, 7) is 30.8. The summed E-state index contributed by atoms with van der Waals surface area (Å²) in [6, 6.07) is -15.0. The highest BCUT2D eigenvalue weighted by Crippen LogP contribution is 2.26. The number of rotatable bonds is 20. The fraction of sp³-hybridized carbons (Fsp3) is 0.809. The van der Waals surface area contributed by atoms with Crippen molar-refractivity contribution in [1.29, 1.82) is 0 Å². The van der Waals surface area contributed by atoms with Crippen molar-refractivity contribution in [2.45, 2.75) is 228 Å². The van der Waals surface area contributed by atoms with E-state index in [-0.39, 0.29) is 63.0 Å². The number of aliphatic hydroxyl groups excluding tert-OH is 2. The first-order valence-electron chi connectivity index (χ1n) is 34.2. The van der Waals surface area contributed by atoms with Gasteiger partial charge in [-0.25, -0.2) is 0 Å². The van der Waals surface area contributed by atoms with Gasteiger partial charge < -0.3 is 75.3 Å². The Hall–Kier alpha value is -6.29. The van der Waals surface area contributed by atoms with Gasteiger partial charge in [0.05, 0.1) is 38.6 Å². The molecule has 2 aliphatic heterocycles. The molecular weight excluding hydrogens is 1220 g/mol. The lowest BCUT2D eigenvalue weighted by molar-refractivity contribution is -0.158. The predicted octanol–water partition coefficient (Wildman–Crippen LogP) is 1.71. The number of likely N-dealkylation sites (N-methyl/N-ethyl adjacent to an activating group) is 6. The van der Waals surface area contributed by atoms with E-state index in [9.17, 15) is 29.4 Å². The third-order valence-electron chi connectivity index (χ3n) is 18.1. The minimum Gasteiger partial charge on any atom is -0.394 e. The molecule has 14 atom stereocenters. The number of ether oxygens (including phenoxy) is 2. The van der Waals surface area contributed by atoms with E-state index in [1.165, 1.54) is 75.7 Å². The van der Waals surface area contributed by atoms with Gasteiger partial charge in [-0.2, -0.15) is 0 Å². The molecule has 2 rings (SSSR count). The fourth-order valence-electron chi connectivity index (χ4n) is 12.4. The minimum atomic E-state index is -1.71. The van der Waals surface area contributed by atoms with Gasteiger partial charge in [0.1, 0.15) is 66.5 Å². The molecular formula is C68H122N12O15. The van der Waals surface area contributed by atoms with Crippen LogP contribution in [0.5, 0.6) is 0 Å². The van der Waals surface area contributed by atoms with Gasteiger partial charge in [-0.05, 0) is 89.4 Å². The van der Waals surface area contributed by atoms with Crippen LogP contribution in [-0.2, 0) is 62.2 Å². The maximum Gasteiger partial charge on any atom is 0.248 e. The largest absolute Gasteiger partial charge is 0.394 e. The van der Waals surface area contributed by atoms with Gasteiger partial charge in [-0.3, -0.25) is 57.6 Å². The van der Waals surface area contributed by atoms with E-state index in [1.54, 1.807) is 74.5 Å². The summed E-state index contributed by atoms with van der Waals surface area (Å²) in [7, 11) is 8.34. The molecule has 0 aromatic carbocycles. The number of hydrogen-bond donors (Lipinski definition) is 6. The molecule has 1 unspecified atom stereocenters. The summed E-state index contributed by atoms with van der Waals surface area (Å²) in [5, 5.41) is 34.5. The molecule has 0 bridgehead atoms. The number of allylic oxidation sites excluding steroid dienone is 1. The van der Waals surface area contributed by atoms with E-state index < -0.39 is 168 Å². The topological polar surface area (TPSA) is 321 Å². The number of amides is 11. The summed E-state index contributed by atoms with van der Waals surface area (Å²) in [6.07, 6.45) is 1.14. The average molecular weight is 1350 g/mol. The SMILES string of the molecule is C/C=C/[C@@H](C)[C@@H](O)[C@H]1C(=O)N[C@@H](CC)C(=O)N(CCC)[C@H](CO)C(=O)N(C)C([C@@H](C)OCCN2CCOCC2)C(=O)N[C@@H](C(C)C)C(=O)N(C)[C@@H](CC(C)C)C(=O)N[C@@H](C)C(=O)N[C@H](C)C(=O)N(C)[C@@H](CC(C)C)C(=O)N(C)[C@@H](CC(C)C)C(=O)N(C)[C@@H](C(C)C)C(=O)N1C. The number of nitrogens with one attached hydrogen (secondary N) is 4.